The van der Waals surface area contributed by atoms with E-state index in [2.05, 4.69) is 10.2 Å². The second kappa shape index (κ2) is 8.82. The normalized spacial score (nSPS) is 11.4. The Balaban J connectivity index is 1.39. The number of aromatic nitrogens is 2. The molecule has 0 unspecified atom stereocenters. The molecule has 0 N–H and O–H groups in total. The molecular weight excluding hydrogens is 428 g/mol. The van der Waals surface area contributed by atoms with Crippen LogP contribution in [0.15, 0.2) is 64.2 Å². The highest BCUT2D eigenvalue weighted by Gasteiger charge is 2.18. The lowest BCUT2D eigenvalue weighted by Crippen LogP contribution is -1.95. The Morgan fingerprint density at radius 3 is 2.76 bits per heavy atom. The van der Waals surface area contributed by atoms with Crippen molar-refractivity contribution in [1.29, 1.82) is 0 Å². The number of nitrogens with zero attached hydrogens (tertiary/aromatic N) is 2. The smallest absolute Gasteiger partial charge is 0.277 e. The number of fused-ring (bicyclic) bond motifs is 1. The lowest BCUT2D eigenvalue weighted by molar-refractivity contribution is -0.112. The highest BCUT2D eigenvalue weighted by Crippen LogP contribution is 2.41. The number of ketones is 1. The van der Waals surface area contributed by atoms with Gasteiger partial charge in [-0.1, -0.05) is 59.8 Å². The van der Waals surface area contributed by atoms with Crippen molar-refractivity contribution >= 4 is 56.6 Å². The van der Waals surface area contributed by atoms with E-state index < -0.39 is 0 Å². The summed E-state index contributed by atoms with van der Waals surface area (Å²) in [5.41, 5.74) is 0.920. The number of hydrogen-bond acceptors (Lipinski definition) is 7. The number of halogens is 1. The average Bonchev–Trinajstić information content (AvgIpc) is 3.36. The molecule has 0 aliphatic heterocycles. The minimum absolute atomic E-state index is 0.0505. The first-order valence-electron chi connectivity index (χ1n) is 8.62. The first kappa shape index (κ1) is 19.7. The lowest BCUT2D eigenvalue weighted by atomic mass is 10.2. The van der Waals surface area contributed by atoms with E-state index in [9.17, 15) is 4.79 Å². The maximum absolute atomic E-state index is 12.1. The van der Waals surface area contributed by atoms with Gasteiger partial charge >= 0.3 is 0 Å². The average molecular weight is 443 g/mol. The topological polar surface area (TPSA) is 65.2 Å². The van der Waals surface area contributed by atoms with Gasteiger partial charge in [0.25, 0.3) is 11.1 Å². The molecular formula is C21H15ClN2O3S2. The Morgan fingerprint density at radius 1 is 1.21 bits per heavy atom. The molecule has 0 saturated heterocycles. The van der Waals surface area contributed by atoms with Crippen LogP contribution >= 0.6 is 34.7 Å². The van der Waals surface area contributed by atoms with Gasteiger partial charge in [-0.05, 0) is 29.8 Å². The highest BCUT2D eigenvalue weighted by molar-refractivity contribution is 7.99. The Hall–Kier alpha value is -2.61. The summed E-state index contributed by atoms with van der Waals surface area (Å²) in [6.07, 6.45) is 3.30. The third-order valence-corrected chi connectivity index (χ3v) is 6.56. The standard InChI is InChI=1S/C21H15ClN2O3S2/c1-26-15-10-7-13(8-11-15)6-9-14(25)12-28-21-24-23-20(27-21)19-18(22)16-4-2-3-5-17(16)29-19/h2-11H,12H2,1H3/b9-6+. The highest BCUT2D eigenvalue weighted by atomic mass is 35.5. The van der Waals surface area contributed by atoms with Crippen molar-refractivity contribution in [3.05, 3.63) is 65.2 Å². The van der Waals surface area contributed by atoms with E-state index in [1.54, 1.807) is 13.2 Å². The van der Waals surface area contributed by atoms with Crippen LogP contribution in [0.2, 0.25) is 5.02 Å². The SMILES string of the molecule is COc1ccc(/C=C/C(=O)CSc2nnc(-c3sc4ccccc4c3Cl)o2)cc1. The zero-order valence-electron chi connectivity index (χ0n) is 15.3. The summed E-state index contributed by atoms with van der Waals surface area (Å²) in [4.78, 5) is 12.9. The van der Waals surface area contributed by atoms with E-state index in [1.165, 1.54) is 29.2 Å². The lowest BCUT2D eigenvalue weighted by Gasteiger charge is -1.98. The van der Waals surface area contributed by atoms with E-state index in [1.807, 2.05) is 48.5 Å². The summed E-state index contributed by atoms with van der Waals surface area (Å²) in [5, 5.41) is 9.99. The van der Waals surface area contributed by atoms with E-state index in [4.69, 9.17) is 20.8 Å². The van der Waals surface area contributed by atoms with Crippen LogP contribution in [0.1, 0.15) is 5.56 Å². The molecule has 0 amide bonds. The number of carbonyl (C=O) groups is 1. The van der Waals surface area contributed by atoms with Crippen LogP contribution in [0.25, 0.3) is 26.9 Å². The maximum Gasteiger partial charge on any atom is 0.277 e. The fraction of sp³-hybridized carbons (Fsp3) is 0.0952. The second-order valence-corrected chi connectivity index (χ2v) is 8.33. The van der Waals surface area contributed by atoms with Crippen LogP contribution in [0.3, 0.4) is 0 Å². The molecule has 0 aliphatic rings. The number of thioether (sulfide) groups is 1. The molecule has 0 aliphatic carbocycles. The molecule has 0 spiro atoms. The molecule has 0 saturated carbocycles. The van der Waals surface area contributed by atoms with Gasteiger partial charge in [0, 0.05) is 10.1 Å². The van der Waals surface area contributed by atoms with Crippen molar-refractivity contribution in [2.45, 2.75) is 5.22 Å². The molecule has 2 aromatic heterocycles. The summed E-state index contributed by atoms with van der Waals surface area (Å²) in [7, 11) is 1.61. The molecule has 4 aromatic rings. The molecule has 8 heteroatoms. The number of benzene rings is 2. The fourth-order valence-corrected chi connectivity index (χ4v) is 4.63. The Morgan fingerprint density at radius 2 is 2.00 bits per heavy atom. The van der Waals surface area contributed by atoms with Crippen molar-refractivity contribution in [2.75, 3.05) is 12.9 Å². The van der Waals surface area contributed by atoms with Gasteiger partial charge in [0.2, 0.25) is 0 Å². The van der Waals surface area contributed by atoms with Crippen molar-refractivity contribution in [3.63, 3.8) is 0 Å². The monoisotopic (exact) mass is 442 g/mol. The number of carbonyl (C=O) groups excluding carboxylic acids is 1. The summed E-state index contributed by atoms with van der Waals surface area (Å²) >= 11 is 9.15. The number of thiophene rings is 1. The van der Waals surface area contributed by atoms with Crippen LogP contribution in [-0.2, 0) is 4.79 Å². The van der Waals surface area contributed by atoms with Gasteiger partial charge in [0.05, 0.1) is 17.9 Å². The van der Waals surface area contributed by atoms with Crippen molar-refractivity contribution < 1.29 is 13.9 Å². The Bertz CT molecular complexity index is 1180. The molecule has 146 valence electrons. The minimum Gasteiger partial charge on any atom is -0.497 e. The molecule has 0 fully saturated rings. The van der Waals surface area contributed by atoms with E-state index in [0.29, 0.717) is 16.1 Å². The van der Waals surface area contributed by atoms with Gasteiger partial charge in [0.15, 0.2) is 5.78 Å². The molecule has 0 radical (unpaired) electrons. The van der Waals surface area contributed by atoms with E-state index >= 15 is 0 Å². The largest absolute Gasteiger partial charge is 0.497 e. The van der Waals surface area contributed by atoms with Gasteiger partial charge in [-0.3, -0.25) is 4.79 Å². The van der Waals surface area contributed by atoms with Crippen LogP contribution in [0.5, 0.6) is 5.75 Å². The van der Waals surface area contributed by atoms with Crippen molar-refractivity contribution in [2.24, 2.45) is 0 Å². The van der Waals surface area contributed by atoms with Crippen molar-refractivity contribution in [1.82, 2.24) is 10.2 Å². The fourth-order valence-electron chi connectivity index (χ4n) is 2.60. The van der Waals surface area contributed by atoms with Crippen molar-refractivity contribution in [3.8, 4) is 16.5 Å². The molecule has 4 rings (SSSR count). The second-order valence-electron chi connectivity index (χ2n) is 5.98. The van der Waals surface area contributed by atoms with Crippen LogP contribution in [-0.4, -0.2) is 28.8 Å². The molecule has 29 heavy (non-hydrogen) atoms. The number of ether oxygens (including phenoxy) is 1. The summed E-state index contributed by atoms with van der Waals surface area (Å²) in [6, 6.07) is 15.3. The molecule has 5 nitrogen and oxygen atoms in total. The number of hydrogen-bond donors (Lipinski definition) is 0. The first-order valence-corrected chi connectivity index (χ1v) is 10.8. The summed E-state index contributed by atoms with van der Waals surface area (Å²) in [6.45, 7) is 0. The number of methoxy groups -OCH3 is 1. The third-order valence-electron chi connectivity index (χ3n) is 4.05. The van der Waals surface area contributed by atoms with Crippen LogP contribution in [0.4, 0.5) is 0 Å². The summed E-state index contributed by atoms with van der Waals surface area (Å²) < 4.78 is 11.9. The number of allylic oxidation sites excluding steroid dienone is 1. The Labute approximate surface area is 180 Å². The summed E-state index contributed by atoms with van der Waals surface area (Å²) in [5.74, 6) is 1.29. The van der Waals surface area contributed by atoms with Gasteiger partial charge in [-0.15, -0.1) is 21.5 Å². The predicted octanol–water partition coefficient (Wildman–Crippen LogP) is 5.99. The maximum atomic E-state index is 12.1. The molecule has 2 aromatic carbocycles. The zero-order valence-corrected chi connectivity index (χ0v) is 17.7. The van der Waals surface area contributed by atoms with Gasteiger partial charge in [-0.2, -0.15) is 0 Å². The van der Waals surface area contributed by atoms with Gasteiger partial charge < -0.3 is 9.15 Å². The zero-order chi connectivity index (χ0) is 20.2. The van der Waals surface area contributed by atoms with E-state index in [-0.39, 0.29) is 11.5 Å². The van der Waals surface area contributed by atoms with Gasteiger partial charge in [-0.25, -0.2) is 0 Å². The molecule has 0 atom stereocenters. The van der Waals surface area contributed by atoms with Crippen LogP contribution in [0, 0.1) is 0 Å². The first-order chi connectivity index (χ1) is 14.1. The minimum atomic E-state index is -0.0505. The van der Waals surface area contributed by atoms with E-state index in [0.717, 1.165) is 26.3 Å². The molecule has 2 heterocycles. The Kier molecular flexibility index (Phi) is 5.99. The predicted molar refractivity (Wildman–Crippen MR) is 118 cm³/mol. The van der Waals surface area contributed by atoms with Gasteiger partial charge in [0.1, 0.15) is 10.6 Å². The third kappa shape index (κ3) is 4.53. The quantitative estimate of drug-likeness (QED) is 0.259. The van der Waals surface area contributed by atoms with Crippen LogP contribution < -0.4 is 4.74 Å². The molecule has 0 bridgehead atoms. The number of rotatable bonds is 7.